The van der Waals surface area contributed by atoms with Crippen LogP contribution in [0.4, 0.5) is 13.2 Å². The Balaban J connectivity index is 2.32. The lowest BCUT2D eigenvalue weighted by Gasteiger charge is -2.14. The van der Waals surface area contributed by atoms with Crippen molar-refractivity contribution >= 4 is 11.8 Å². The second-order valence-corrected chi connectivity index (χ2v) is 5.09. The third-order valence-corrected chi connectivity index (χ3v) is 3.43. The van der Waals surface area contributed by atoms with Crippen LogP contribution in [0.15, 0.2) is 46.7 Å². The van der Waals surface area contributed by atoms with Crippen molar-refractivity contribution in [3.05, 3.63) is 47.9 Å². The van der Waals surface area contributed by atoms with Crippen LogP contribution in [0.2, 0.25) is 0 Å². The van der Waals surface area contributed by atoms with E-state index >= 15 is 0 Å². The molecule has 2 rings (SSSR count). The van der Waals surface area contributed by atoms with Gasteiger partial charge in [-0.15, -0.1) is 0 Å². The smallest absolute Gasteiger partial charge is 0.316 e. The Hall–Kier alpha value is -1.60. The Bertz CT molecular complexity index is 573. The van der Waals surface area contributed by atoms with Crippen LogP contribution in [0.3, 0.4) is 0 Å². The summed E-state index contributed by atoms with van der Waals surface area (Å²) in [6.45, 7) is 0.172. The number of aromatic nitrogens is 2. The first-order valence-corrected chi connectivity index (χ1v) is 6.61. The van der Waals surface area contributed by atoms with Crippen molar-refractivity contribution in [1.29, 1.82) is 0 Å². The molecule has 1 heterocycles. The van der Waals surface area contributed by atoms with E-state index in [1.807, 2.05) is 0 Å². The summed E-state index contributed by atoms with van der Waals surface area (Å²) in [5.74, 6) is 0. The third kappa shape index (κ3) is 3.71. The number of halogens is 3. The molecule has 0 radical (unpaired) electrons. The molecule has 0 unspecified atom stereocenters. The largest absolute Gasteiger partial charge is 0.416 e. The fourth-order valence-corrected chi connectivity index (χ4v) is 2.47. The van der Waals surface area contributed by atoms with E-state index in [2.05, 4.69) is 15.3 Å². The Morgan fingerprint density at radius 3 is 2.65 bits per heavy atom. The molecule has 2 aromatic rings. The fourth-order valence-electron chi connectivity index (χ4n) is 1.69. The second-order valence-electron chi connectivity index (χ2n) is 3.99. The van der Waals surface area contributed by atoms with E-state index in [1.54, 1.807) is 13.1 Å². The highest BCUT2D eigenvalue weighted by Crippen LogP contribution is 2.36. The van der Waals surface area contributed by atoms with Crippen LogP contribution in [-0.2, 0) is 12.7 Å². The molecule has 1 N–H and O–H groups in total. The number of nitrogens with one attached hydrogen (secondary N) is 1. The molecule has 1 aromatic carbocycles. The zero-order chi connectivity index (χ0) is 14.6. The van der Waals surface area contributed by atoms with Crippen LogP contribution in [-0.4, -0.2) is 17.0 Å². The van der Waals surface area contributed by atoms with Gasteiger partial charge in [0.1, 0.15) is 5.03 Å². The van der Waals surface area contributed by atoms with E-state index in [4.69, 9.17) is 0 Å². The molecule has 7 heteroatoms. The minimum Gasteiger partial charge on any atom is -0.316 e. The molecule has 0 atom stereocenters. The molecule has 0 saturated heterocycles. The highest BCUT2D eigenvalue weighted by molar-refractivity contribution is 7.99. The summed E-state index contributed by atoms with van der Waals surface area (Å²) in [6.07, 6.45) is 0.161. The van der Waals surface area contributed by atoms with Gasteiger partial charge in [-0.3, -0.25) is 4.98 Å². The molecule has 3 nitrogen and oxygen atoms in total. The minimum atomic E-state index is -4.37. The van der Waals surface area contributed by atoms with Crippen LogP contribution < -0.4 is 5.32 Å². The van der Waals surface area contributed by atoms with Crippen molar-refractivity contribution in [1.82, 2.24) is 15.3 Å². The van der Waals surface area contributed by atoms with Crippen LogP contribution >= 0.6 is 11.8 Å². The Labute approximate surface area is 118 Å². The SMILES string of the molecule is CNCc1ccc(Sc2cnccn2)cc1C(F)(F)F. The first-order valence-electron chi connectivity index (χ1n) is 5.79. The Morgan fingerprint density at radius 1 is 1.25 bits per heavy atom. The van der Waals surface area contributed by atoms with Crippen molar-refractivity contribution in [3.8, 4) is 0 Å². The molecule has 1 aromatic heterocycles. The van der Waals surface area contributed by atoms with Crippen LogP contribution in [0.1, 0.15) is 11.1 Å². The highest BCUT2D eigenvalue weighted by Gasteiger charge is 2.33. The van der Waals surface area contributed by atoms with E-state index < -0.39 is 11.7 Å². The van der Waals surface area contributed by atoms with Crippen molar-refractivity contribution < 1.29 is 13.2 Å². The van der Waals surface area contributed by atoms with E-state index in [-0.39, 0.29) is 12.1 Å². The zero-order valence-electron chi connectivity index (χ0n) is 10.6. The molecule has 0 aliphatic carbocycles. The molecule has 0 saturated carbocycles. The average Bonchev–Trinajstić information content (AvgIpc) is 2.41. The van der Waals surface area contributed by atoms with Crippen molar-refractivity contribution in [2.45, 2.75) is 22.6 Å². The summed E-state index contributed by atoms with van der Waals surface area (Å²) in [4.78, 5) is 8.40. The lowest BCUT2D eigenvalue weighted by Crippen LogP contribution is -2.14. The lowest BCUT2D eigenvalue weighted by molar-refractivity contribution is -0.138. The van der Waals surface area contributed by atoms with Crippen LogP contribution in [0.25, 0.3) is 0 Å². The van der Waals surface area contributed by atoms with Gasteiger partial charge in [0.05, 0.1) is 11.8 Å². The van der Waals surface area contributed by atoms with Gasteiger partial charge in [0.2, 0.25) is 0 Å². The average molecular weight is 299 g/mol. The van der Waals surface area contributed by atoms with Gasteiger partial charge in [-0.1, -0.05) is 17.8 Å². The number of nitrogens with zero attached hydrogens (tertiary/aromatic N) is 2. The Kier molecular flexibility index (Phi) is 4.61. The molecule has 0 aliphatic heterocycles. The van der Waals surface area contributed by atoms with Gasteiger partial charge in [-0.05, 0) is 24.7 Å². The molecule has 0 bridgehead atoms. The summed E-state index contributed by atoms with van der Waals surface area (Å²) < 4.78 is 39.1. The second kappa shape index (κ2) is 6.23. The van der Waals surface area contributed by atoms with Crippen LogP contribution in [0.5, 0.6) is 0 Å². The maximum Gasteiger partial charge on any atom is 0.416 e. The molecule has 106 valence electrons. The monoisotopic (exact) mass is 299 g/mol. The first kappa shape index (κ1) is 14.8. The number of alkyl halides is 3. The van der Waals surface area contributed by atoms with Gasteiger partial charge in [0, 0.05) is 23.8 Å². The fraction of sp³-hybridized carbons (Fsp3) is 0.231. The predicted octanol–water partition coefficient (Wildman–Crippen LogP) is 3.37. The van der Waals surface area contributed by atoms with E-state index in [1.165, 1.54) is 24.7 Å². The van der Waals surface area contributed by atoms with Crippen molar-refractivity contribution in [2.24, 2.45) is 0 Å². The predicted molar refractivity (Wildman–Crippen MR) is 70.4 cm³/mol. The minimum absolute atomic E-state index is 0.172. The van der Waals surface area contributed by atoms with Gasteiger partial charge in [0.25, 0.3) is 0 Å². The van der Waals surface area contributed by atoms with Gasteiger partial charge in [-0.2, -0.15) is 13.2 Å². The van der Waals surface area contributed by atoms with Gasteiger partial charge < -0.3 is 5.32 Å². The standard InChI is InChI=1S/C13H12F3N3S/c1-17-7-9-2-3-10(6-11(9)13(14,15)16)20-12-8-18-4-5-19-12/h2-6,8,17H,7H2,1H3. The third-order valence-electron chi connectivity index (χ3n) is 2.52. The first-order chi connectivity index (χ1) is 9.50. The number of benzene rings is 1. The molecule has 0 fully saturated rings. The molecule has 0 aliphatic rings. The summed E-state index contributed by atoms with van der Waals surface area (Å²) in [6, 6.07) is 4.28. The van der Waals surface area contributed by atoms with Gasteiger partial charge in [-0.25, -0.2) is 4.98 Å². The molecular formula is C13H12F3N3S. The van der Waals surface area contributed by atoms with E-state index in [0.29, 0.717) is 9.92 Å². The molecule has 20 heavy (non-hydrogen) atoms. The molecule has 0 amide bonds. The topological polar surface area (TPSA) is 37.8 Å². The number of hydrogen-bond acceptors (Lipinski definition) is 4. The van der Waals surface area contributed by atoms with E-state index in [9.17, 15) is 13.2 Å². The normalized spacial score (nSPS) is 11.6. The van der Waals surface area contributed by atoms with Gasteiger partial charge >= 0.3 is 6.18 Å². The number of hydrogen-bond donors (Lipinski definition) is 1. The van der Waals surface area contributed by atoms with Gasteiger partial charge in [0.15, 0.2) is 0 Å². The van der Waals surface area contributed by atoms with Crippen molar-refractivity contribution in [2.75, 3.05) is 7.05 Å². The maximum atomic E-state index is 13.0. The molecular weight excluding hydrogens is 287 g/mol. The Morgan fingerprint density at radius 2 is 2.05 bits per heavy atom. The summed E-state index contributed by atoms with van der Waals surface area (Å²) in [5.41, 5.74) is -0.399. The highest BCUT2D eigenvalue weighted by atomic mass is 32.2. The summed E-state index contributed by atoms with van der Waals surface area (Å²) >= 11 is 1.15. The number of rotatable bonds is 4. The summed E-state index contributed by atoms with van der Waals surface area (Å²) in [7, 11) is 1.61. The lowest BCUT2D eigenvalue weighted by atomic mass is 10.1. The van der Waals surface area contributed by atoms with Crippen molar-refractivity contribution in [3.63, 3.8) is 0 Å². The summed E-state index contributed by atoms with van der Waals surface area (Å²) in [5, 5.41) is 3.29. The van der Waals surface area contributed by atoms with Crippen LogP contribution in [0, 0.1) is 0 Å². The molecule has 0 spiro atoms. The van der Waals surface area contributed by atoms with E-state index in [0.717, 1.165) is 17.8 Å². The maximum absolute atomic E-state index is 13.0. The zero-order valence-corrected chi connectivity index (χ0v) is 11.4. The quantitative estimate of drug-likeness (QED) is 0.939.